The van der Waals surface area contributed by atoms with Gasteiger partial charge in [0.25, 0.3) is 0 Å². The molecule has 0 unspecified atom stereocenters. The van der Waals surface area contributed by atoms with Crippen molar-refractivity contribution in [2.24, 2.45) is 9.98 Å². The Bertz CT molecular complexity index is 4800. The molecular formula is C68H42ClF6N13O3. The fourth-order valence-corrected chi connectivity index (χ4v) is 9.84. The van der Waals surface area contributed by atoms with Gasteiger partial charge in [-0.1, -0.05) is 60.1 Å². The van der Waals surface area contributed by atoms with Gasteiger partial charge in [-0.2, -0.15) is 5.10 Å². The van der Waals surface area contributed by atoms with Crippen LogP contribution < -0.4 is 9.47 Å². The van der Waals surface area contributed by atoms with Crippen LogP contribution in [0.2, 0.25) is 5.15 Å². The summed E-state index contributed by atoms with van der Waals surface area (Å²) in [5, 5.41) is 16.7. The molecule has 0 bridgehead atoms. The fourth-order valence-electron chi connectivity index (χ4n) is 9.69. The molecule has 0 radical (unpaired) electrons. The smallest absolute Gasteiger partial charge is 0.238 e. The molecule has 2 aliphatic rings. The lowest BCUT2D eigenvalue weighted by atomic mass is 9.96. The Morgan fingerprint density at radius 2 is 0.857 bits per heavy atom. The maximum absolute atomic E-state index is 14.3. The summed E-state index contributed by atoms with van der Waals surface area (Å²) in [5.41, 5.74) is 8.47. The van der Waals surface area contributed by atoms with E-state index >= 15 is 0 Å². The molecule has 91 heavy (non-hydrogen) atoms. The molecule has 6 aromatic carbocycles. The van der Waals surface area contributed by atoms with Crippen LogP contribution >= 0.6 is 11.6 Å². The molecule has 0 fully saturated rings. The third-order valence-electron chi connectivity index (χ3n) is 13.8. The second kappa shape index (κ2) is 27.0. The van der Waals surface area contributed by atoms with Gasteiger partial charge in [0.05, 0.1) is 102 Å². The van der Waals surface area contributed by atoms with E-state index in [1.165, 1.54) is 79.4 Å². The molecule has 446 valence electrons. The lowest BCUT2D eigenvalue weighted by Gasteiger charge is -2.10. The summed E-state index contributed by atoms with van der Waals surface area (Å²) in [6, 6.07) is 37.2. The monoisotopic (exact) mass is 1240 g/mol. The maximum atomic E-state index is 14.3. The van der Waals surface area contributed by atoms with Crippen LogP contribution in [0.3, 0.4) is 0 Å². The van der Waals surface area contributed by atoms with E-state index in [4.69, 9.17) is 26.2 Å². The van der Waals surface area contributed by atoms with Crippen molar-refractivity contribution in [3.8, 4) is 73.8 Å². The van der Waals surface area contributed by atoms with Crippen molar-refractivity contribution in [1.82, 2.24) is 55.1 Å². The number of aromatic amines is 1. The molecule has 2 aliphatic heterocycles. The van der Waals surface area contributed by atoms with Crippen molar-refractivity contribution in [2.75, 3.05) is 0 Å². The second-order valence-corrected chi connectivity index (χ2v) is 20.1. The van der Waals surface area contributed by atoms with E-state index in [9.17, 15) is 26.3 Å². The summed E-state index contributed by atoms with van der Waals surface area (Å²) in [5.74, 6) is -1.86. The van der Waals surface area contributed by atoms with Crippen molar-refractivity contribution in [1.29, 1.82) is 0 Å². The number of aromatic hydroxyl groups is 1. The summed E-state index contributed by atoms with van der Waals surface area (Å²) in [6.45, 7) is 0.943. The highest BCUT2D eigenvalue weighted by molar-refractivity contribution is 6.29. The van der Waals surface area contributed by atoms with Gasteiger partial charge >= 0.3 is 0 Å². The van der Waals surface area contributed by atoms with E-state index in [0.29, 0.717) is 92.3 Å². The number of halogens is 7. The van der Waals surface area contributed by atoms with Crippen LogP contribution in [0.25, 0.3) is 55.7 Å². The number of ether oxygens (including phenoxy) is 2. The van der Waals surface area contributed by atoms with Gasteiger partial charge in [-0.15, -0.1) is 0 Å². The van der Waals surface area contributed by atoms with Crippen LogP contribution in [0.1, 0.15) is 33.6 Å². The third kappa shape index (κ3) is 13.6. The maximum Gasteiger partial charge on any atom is 0.238 e. The van der Waals surface area contributed by atoms with Crippen LogP contribution in [0.4, 0.5) is 26.3 Å². The number of pyridine rings is 3. The van der Waals surface area contributed by atoms with Crippen molar-refractivity contribution >= 4 is 33.9 Å². The largest absolute Gasteiger partial charge is 0.506 e. The number of hydrogen-bond acceptors (Lipinski definition) is 15. The van der Waals surface area contributed by atoms with E-state index in [1.54, 1.807) is 128 Å². The molecule has 0 spiro atoms. The molecule has 15 rings (SSSR count). The Labute approximate surface area is 518 Å². The van der Waals surface area contributed by atoms with E-state index in [1.807, 2.05) is 12.1 Å². The van der Waals surface area contributed by atoms with E-state index in [-0.39, 0.29) is 33.5 Å². The summed E-state index contributed by atoms with van der Waals surface area (Å²) >= 11 is 5.89. The molecule has 2 N–H and O–H groups in total. The molecule has 0 atom stereocenters. The minimum absolute atomic E-state index is 0.0521. The van der Waals surface area contributed by atoms with E-state index in [0.717, 1.165) is 22.3 Å². The Morgan fingerprint density at radius 1 is 0.418 bits per heavy atom. The standard InChI is InChI=1S/C23H14F2N4O.C22H13F2N5O.C18H10ClF2N3.C5H5NO/c24-18-4-1-5-19(25)22(18)14-6-7-15-10-28-23(17(15)9-14)20-12-27-13-21(29-20)30-16-3-2-8-26-11-16;23-16-4-1-5-17(24)21(16)13-6-7-18-15(9-13)22(29-28-18)19-11-26-12-20(27-19)30-14-3-2-8-25-10-14;19-16-9-22-8-15(24-16)18-12-6-10(4-5-11(12)7-23-18)17-13(20)2-1-3-14(17)21;7-5-2-1-3-6-4-5/h1-9,11-13H,10H2;1-12H,(H,28,29);1-6,8-9H,7H2;1-4,7H. The van der Waals surface area contributed by atoms with Crippen LogP contribution in [-0.2, 0) is 13.1 Å². The first-order chi connectivity index (χ1) is 44.4. The number of aromatic nitrogens is 11. The van der Waals surface area contributed by atoms with Gasteiger partial charge in [-0.3, -0.25) is 45.0 Å². The van der Waals surface area contributed by atoms with Gasteiger partial charge in [-0.25, -0.2) is 41.3 Å². The lowest BCUT2D eigenvalue weighted by Crippen LogP contribution is -2.06. The molecule has 0 saturated heterocycles. The third-order valence-corrected chi connectivity index (χ3v) is 14.0. The minimum atomic E-state index is -0.633. The average molecular weight is 1240 g/mol. The summed E-state index contributed by atoms with van der Waals surface area (Å²) in [4.78, 5) is 46.2. The highest BCUT2D eigenvalue weighted by Gasteiger charge is 2.24. The minimum Gasteiger partial charge on any atom is -0.506 e. The number of nitrogens with zero attached hydrogens (tertiary/aromatic N) is 12. The Kier molecular flexibility index (Phi) is 17.6. The molecule has 0 saturated carbocycles. The van der Waals surface area contributed by atoms with Crippen LogP contribution in [-0.4, -0.2) is 71.6 Å². The van der Waals surface area contributed by atoms with Crippen LogP contribution in [0.5, 0.6) is 29.0 Å². The highest BCUT2D eigenvalue weighted by atomic mass is 35.5. The van der Waals surface area contributed by atoms with Crippen LogP contribution in [0.15, 0.2) is 230 Å². The van der Waals surface area contributed by atoms with Crippen LogP contribution in [0, 0.1) is 34.9 Å². The second-order valence-electron chi connectivity index (χ2n) is 19.7. The number of aliphatic imine (C=N–C) groups is 2. The molecule has 9 heterocycles. The van der Waals surface area contributed by atoms with E-state index in [2.05, 4.69) is 65.0 Å². The lowest BCUT2D eigenvalue weighted by molar-refractivity contribution is 0.457. The Hall–Kier alpha value is -11.9. The molecule has 16 nitrogen and oxygen atoms in total. The summed E-state index contributed by atoms with van der Waals surface area (Å²) in [7, 11) is 0. The summed E-state index contributed by atoms with van der Waals surface area (Å²) in [6.07, 6.45) is 18.5. The Balaban J connectivity index is 0.000000126. The van der Waals surface area contributed by atoms with Gasteiger partial charge < -0.3 is 14.6 Å². The van der Waals surface area contributed by atoms with Gasteiger partial charge in [0.1, 0.15) is 80.1 Å². The predicted octanol–water partition coefficient (Wildman–Crippen LogP) is 15.3. The number of rotatable bonds is 10. The number of benzene rings is 6. The molecule has 13 aromatic rings. The zero-order chi connectivity index (χ0) is 62.8. The number of fused-ring (bicyclic) bond motifs is 3. The molecular weight excluding hydrogens is 1200 g/mol. The normalized spacial score (nSPS) is 11.8. The Morgan fingerprint density at radius 3 is 1.31 bits per heavy atom. The summed E-state index contributed by atoms with van der Waals surface area (Å²) < 4.78 is 96.5. The first kappa shape index (κ1) is 59.4. The zero-order valence-electron chi connectivity index (χ0n) is 47.0. The van der Waals surface area contributed by atoms with Crippen molar-refractivity contribution < 1.29 is 40.9 Å². The number of nitrogens with one attached hydrogen (secondary N) is 1. The number of hydrogen-bond donors (Lipinski definition) is 2. The average Bonchev–Trinajstić information content (AvgIpc) is 1.96. The highest BCUT2D eigenvalue weighted by Crippen LogP contribution is 2.36. The van der Waals surface area contributed by atoms with Crippen molar-refractivity contribution in [3.63, 3.8) is 0 Å². The van der Waals surface area contributed by atoms with Crippen molar-refractivity contribution in [2.45, 2.75) is 13.1 Å². The van der Waals surface area contributed by atoms with Gasteiger partial charge in [0.2, 0.25) is 11.8 Å². The van der Waals surface area contributed by atoms with Crippen molar-refractivity contribution in [3.05, 3.63) is 294 Å². The molecule has 0 amide bonds. The predicted molar refractivity (Wildman–Crippen MR) is 328 cm³/mol. The quantitative estimate of drug-likeness (QED) is 0.122. The van der Waals surface area contributed by atoms with E-state index < -0.39 is 34.9 Å². The first-order valence-electron chi connectivity index (χ1n) is 27.4. The molecule has 7 aromatic heterocycles. The van der Waals surface area contributed by atoms with Gasteiger partial charge in [0.15, 0.2) is 0 Å². The SMILES string of the molecule is Fc1cccc(F)c1-c1ccc2[nH]nc(-c3cncc(Oc4cccnc4)n3)c2c1.Fc1cccc(F)c1-c1ccc2c(c1)C(c1cncc(Cl)n1)=NC2.Fc1cccc(F)c1-c1ccc2c(c1)C(c1cncc(Oc3cccnc3)n1)=NC2.Oc1cccnc1. The fraction of sp³-hybridized carbons (Fsp3) is 0.0294. The van der Waals surface area contributed by atoms with Gasteiger partial charge in [-0.05, 0) is 125 Å². The molecule has 23 heteroatoms. The molecule has 0 aliphatic carbocycles. The van der Waals surface area contributed by atoms with Gasteiger partial charge in [0, 0.05) is 35.1 Å². The topological polar surface area (TPSA) is 208 Å². The number of H-pyrrole nitrogens is 1. The first-order valence-corrected chi connectivity index (χ1v) is 27.8. The zero-order valence-corrected chi connectivity index (χ0v) is 47.7.